The standard InChI is InChI=1S/C18H17N3O2/c1-4-23-17(22)11-21-12(2)16(10-20)18(13(21)3)15-7-5-14(9-19)6-8-15/h5-8H,4,11H2,1-3H3. The summed E-state index contributed by atoms with van der Waals surface area (Å²) in [6.45, 7) is 5.86. The minimum atomic E-state index is -0.329. The summed E-state index contributed by atoms with van der Waals surface area (Å²) in [6.07, 6.45) is 0. The van der Waals surface area contributed by atoms with Gasteiger partial charge in [0.1, 0.15) is 12.6 Å². The van der Waals surface area contributed by atoms with Gasteiger partial charge in [-0.05, 0) is 38.5 Å². The molecule has 23 heavy (non-hydrogen) atoms. The highest BCUT2D eigenvalue weighted by Crippen LogP contribution is 2.32. The first-order valence-corrected chi connectivity index (χ1v) is 7.29. The summed E-state index contributed by atoms with van der Waals surface area (Å²) in [5.41, 5.74) is 4.31. The van der Waals surface area contributed by atoms with E-state index in [-0.39, 0.29) is 12.5 Å². The van der Waals surface area contributed by atoms with E-state index in [1.54, 1.807) is 23.6 Å². The van der Waals surface area contributed by atoms with Crippen LogP contribution in [-0.4, -0.2) is 17.1 Å². The number of hydrogen-bond acceptors (Lipinski definition) is 4. The molecule has 116 valence electrons. The smallest absolute Gasteiger partial charge is 0.325 e. The fourth-order valence-electron chi connectivity index (χ4n) is 2.66. The van der Waals surface area contributed by atoms with Gasteiger partial charge in [-0.25, -0.2) is 0 Å². The highest BCUT2D eigenvalue weighted by molar-refractivity contribution is 5.77. The summed E-state index contributed by atoms with van der Waals surface area (Å²) < 4.78 is 6.79. The number of carbonyl (C=O) groups is 1. The zero-order valence-electron chi connectivity index (χ0n) is 13.4. The van der Waals surface area contributed by atoms with Gasteiger partial charge in [0.2, 0.25) is 0 Å². The number of benzene rings is 1. The molecule has 0 aliphatic carbocycles. The Morgan fingerprint density at radius 1 is 1.13 bits per heavy atom. The van der Waals surface area contributed by atoms with Crippen LogP contribution in [0.3, 0.4) is 0 Å². The van der Waals surface area contributed by atoms with Crippen molar-refractivity contribution in [1.82, 2.24) is 4.57 Å². The van der Waals surface area contributed by atoms with Crippen molar-refractivity contribution < 1.29 is 9.53 Å². The van der Waals surface area contributed by atoms with E-state index in [1.807, 2.05) is 26.0 Å². The summed E-state index contributed by atoms with van der Waals surface area (Å²) in [7, 11) is 0. The molecule has 0 spiro atoms. The lowest BCUT2D eigenvalue weighted by Gasteiger charge is -2.09. The van der Waals surface area contributed by atoms with Crippen molar-refractivity contribution in [3.8, 4) is 23.3 Å². The number of nitriles is 2. The van der Waals surface area contributed by atoms with Crippen molar-refractivity contribution in [1.29, 1.82) is 10.5 Å². The van der Waals surface area contributed by atoms with Crippen molar-refractivity contribution in [2.45, 2.75) is 27.3 Å². The Morgan fingerprint density at radius 2 is 1.78 bits per heavy atom. The molecule has 0 bridgehead atoms. The normalized spacial score (nSPS) is 9.96. The first kappa shape index (κ1) is 16.3. The molecule has 2 rings (SSSR count). The molecule has 1 aromatic heterocycles. The van der Waals surface area contributed by atoms with Crippen LogP contribution in [0.5, 0.6) is 0 Å². The molecule has 0 aliphatic rings. The second-order valence-electron chi connectivity index (χ2n) is 5.11. The molecule has 5 heteroatoms. The van der Waals surface area contributed by atoms with Gasteiger partial charge in [-0.1, -0.05) is 12.1 Å². The molecular formula is C18H17N3O2. The van der Waals surface area contributed by atoms with Gasteiger partial charge in [0, 0.05) is 17.0 Å². The second-order valence-corrected chi connectivity index (χ2v) is 5.11. The van der Waals surface area contributed by atoms with Gasteiger partial charge in [-0.3, -0.25) is 4.79 Å². The number of aromatic nitrogens is 1. The molecule has 0 fully saturated rings. The van der Waals surface area contributed by atoms with E-state index < -0.39 is 0 Å². The Balaban J connectivity index is 2.53. The van der Waals surface area contributed by atoms with Gasteiger partial charge in [0.25, 0.3) is 0 Å². The number of esters is 1. The van der Waals surface area contributed by atoms with Crippen LogP contribution in [0.1, 0.15) is 29.4 Å². The van der Waals surface area contributed by atoms with Crippen LogP contribution in [0.15, 0.2) is 24.3 Å². The molecule has 0 unspecified atom stereocenters. The summed E-state index contributed by atoms with van der Waals surface area (Å²) in [5, 5.41) is 18.4. The van der Waals surface area contributed by atoms with Crippen LogP contribution in [0.4, 0.5) is 0 Å². The highest BCUT2D eigenvalue weighted by atomic mass is 16.5. The maximum absolute atomic E-state index is 11.8. The lowest BCUT2D eigenvalue weighted by molar-refractivity contribution is -0.143. The molecule has 0 radical (unpaired) electrons. The van der Waals surface area contributed by atoms with E-state index in [1.165, 1.54) is 0 Å². The quantitative estimate of drug-likeness (QED) is 0.813. The molecule has 0 saturated heterocycles. The molecule has 0 atom stereocenters. The number of rotatable bonds is 4. The highest BCUT2D eigenvalue weighted by Gasteiger charge is 2.20. The molecule has 5 nitrogen and oxygen atoms in total. The maximum atomic E-state index is 11.8. The van der Waals surface area contributed by atoms with Crippen molar-refractivity contribution >= 4 is 5.97 Å². The van der Waals surface area contributed by atoms with Gasteiger partial charge in [0.05, 0.1) is 23.8 Å². The first-order chi connectivity index (χ1) is 11.0. The van der Waals surface area contributed by atoms with E-state index in [4.69, 9.17) is 10.00 Å². The average Bonchev–Trinajstić information content (AvgIpc) is 2.79. The van der Waals surface area contributed by atoms with Gasteiger partial charge in [-0.2, -0.15) is 10.5 Å². The predicted octanol–water partition coefficient (Wildman–Crippen LogP) is 3.08. The largest absolute Gasteiger partial charge is 0.465 e. The second kappa shape index (κ2) is 6.81. The van der Waals surface area contributed by atoms with Gasteiger partial charge in [-0.15, -0.1) is 0 Å². The zero-order valence-corrected chi connectivity index (χ0v) is 13.4. The maximum Gasteiger partial charge on any atom is 0.325 e. The minimum Gasteiger partial charge on any atom is -0.465 e. The zero-order chi connectivity index (χ0) is 17.0. The summed E-state index contributed by atoms with van der Waals surface area (Å²) in [4.78, 5) is 11.8. The third-order valence-corrected chi connectivity index (χ3v) is 3.79. The van der Waals surface area contributed by atoms with Crippen LogP contribution < -0.4 is 0 Å². The fourth-order valence-corrected chi connectivity index (χ4v) is 2.66. The van der Waals surface area contributed by atoms with E-state index in [9.17, 15) is 10.1 Å². The lowest BCUT2D eigenvalue weighted by Crippen LogP contribution is -2.15. The molecule has 0 amide bonds. The van der Waals surface area contributed by atoms with Crippen molar-refractivity contribution in [2.24, 2.45) is 0 Å². The summed E-state index contributed by atoms with van der Waals surface area (Å²) in [5.74, 6) is -0.329. The first-order valence-electron chi connectivity index (χ1n) is 7.29. The van der Waals surface area contributed by atoms with E-state index in [0.29, 0.717) is 17.7 Å². The van der Waals surface area contributed by atoms with Gasteiger partial charge < -0.3 is 9.30 Å². The number of nitrogens with zero attached hydrogens (tertiary/aromatic N) is 3. The SMILES string of the molecule is CCOC(=O)Cn1c(C)c(C#N)c(-c2ccc(C#N)cc2)c1C. The Morgan fingerprint density at radius 3 is 2.30 bits per heavy atom. The van der Waals surface area contributed by atoms with Crippen LogP contribution in [0, 0.1) is 36.5 Å². The Hall–Kier alpha value is -3.05. The Bertz CT molecular complexity index is 818. The summed E-state index contributed by atoms with van der Waals surface area (Å²) >= 11 is 0. The molecule has 0 N–H and O–H groups in total. The Labute approximate surface area is 135 Å². The van der Waals surface area contributed by atoms with Crippen molar-refractivity contribution in [3.63, 3.8) is 0 Å². The molecule has 1 heterocycles. The molecule has 0 saturated carbocycles. The van der Waals surface area contributed by atoms with Crippen LogP contribution in [0.2, 0.25) is 0 Å². The number of carbonyl (C=O) groups excluding carboxylic acids is 1. The number of hydrogen-bond donors (Lipinski definition) is 0. The van der Waals surface area contributed by atoms with Crippen molar-refractivity contribution in [2.75, 3.05) is 6.61 Å². The molecule has 0 aliphatic heterocycles. The van der Waals surface area contributed by atoms with Crippen molar-refractivity contribution in [3.05, 3.63) is 46.8 Å². The minimum absolute atomic E-state index is 0.0798. The molecule has 2 aromatic rings. The van der Waals surface area contributed by atoms with Crippen LogP contribution in [-0.2, 0) is 16.1 Å². The van der Waals surface area contributed by atoms with E-state index >= 15 is 0 Å². The predicted molar refractivity (Wildman–Crippen MR) is 85.4 cm³/mol. The van der Waals surface area contributed by atoms with E-state index in [2.05, 4.69) is 12.1 Å². The number of ether oxygens (including phenoxy) is 1. The lowest BCUT2D eigenvalue weighted by atomic mass is 10.0. The third kappa shape index (κ3) is 3.09. The monoisotopic (exact) mass is 307 g/mol. The van der Waals surface area contributed by atoms with Crippen LogP contribution >= 0.6 is 0 Å². The van der Waals surface area contributed by atoms with Gasteiger partial charge in [0.15, 0.2) is 0 Å². The molecular weight excluding hydrogens is 290 g/mol. The van der Waals surface area contributed by atoms with E-state index in [0.717, 1.165) is 22.5 Å². The van der Waals surface area contributed by atoms with Crippen LogP contribution in [0.25, 0.3) is 11.1 Å². The van der Waals surface area contributed by atoms with Gasteiger partial charge >= 0.3 is 5.97 Å². The fraction of sp³-hybridized carbons (Fsp3) is 0.278. The third-order valence-electron chi connectivity index (χ3n) is 3.79. The average molecular weight is 307 g/mol. The Kier molecular flexibility index (Phi) is 4.83. The topological polar surface area (TPSA) is 78.8 Å². The molecule has 1 aromatic carbocycles. The summed E-state index contributed by atoms with van der Waals surface area (Å²) in [6, 6.07) is 11.4.